The van der Waals surface area contributed by atoms with Crippen molar-refractivity contribution in [2.75, 3.05) is 0 Å². The molecule has 56 valence electrons. The normalized spacial score (nSPS) is 19.3. The van der Waals surface area contributed by atoms with Crippen molar-refractivity contribution in [1.29, 1.82) is 0 Å². The molecule has 0 amide bonds. The minimum Gasteiger partial charge on any atom is -0.132 e. The van der Waals surface area contributed by atoms with E-state index in [4.69, 9.17) is 6.42 Å². The van der Waals surface area contributed by atoms with Gasteiger partial charge in [0.15, 0.2) is 0 Å². The fourth-order valence-corrected chi connectivity index (χ4v) is 2.75. The predicted octanol–water partition coefficient (Wildman–Crippen LogP) is 3.18. The fourth-order valence-electron chi connectivity index (χ4n) is 1.16. The molecule has 0 bridgehead atoms. The molecule has 2 rings (SSSR count). The number of hydrogen-bond acceptors (Lipinski definition) is 1. The fraction of sp³-hybridized carbons (Fsp3) is 0.333. The molecule has 1 aromatic rings. The smallest absolute Gasteiger partial charge is 0.0701 e. The Morgan fingerprint density at radius 3 is 2.64 bits per heavy atom. The van der Waals surface area contributed by atoms with Gasteiger partial charge in [-0.15, -0.1) is 17.8 Å². The number of halogens is 1. The quantitative estimate of drug-likeness (QED) is 0.646. The lowest BCUT2D eigenvalue weighted by atomic mass is 10.1. The maximum absolute atomic E-state index is 5.45. The highest BCUT2D eigenvalue weighted by molar-refractivity contribution is 9.11. The third kappa shape index (κ3) is 1.13. The molecule has 1 heterocycles. The first-order chi connectivity index (χ1) is 5.27. The van der Waals surface area contributed by atoms with E-state index in [-0.39, 0.29) is 5.41 Å². The minimum atomic E-state index is 0.122. The van der Waals surface area contributed by atoms with Crippen molar-refractivity contribution in [3.8, 4) is 12.3 Å². The molecular weight excluding hydrogens is 220 g/mol. The number of hydrogen-bond donors (Lipinski definition) is 0. The van der Waals surface area contributed by atoms with Gasteiger partial charge in [-0.2, -0.15) is 0 Å². The van der Waals surface area contributed by atoms with Crippen molar-refractivity contribution in [3.63, 3.8) is 0 Å². The van der Waals surface area contributed by atoms with Crippen LogP contribution in [0.15, 0.2) is 15.9 Å². The zero-order valence-electron chi connectivity index (χ0n) is 5.93. The van der Waals surface area contributed by atoms with Gasteiger partial charge in [0.2, 0.25) is 0 Å². The van der Waals surface area contributed by atoms with E-state index in [2.05, 4.69) is 34.0 Å². The van der Waals surface area contributed by atoms with Gasteiger partial charge in [-0.3, -0.25) is 0 Å². The van der Waals surface area contributed by atoms with Gasteiger partial charge in [0.1, 0.15) is 0 Å². The highest BCUT2D eigenvalue weighted by Gasteiger charge is 2.43. The molecule has 0 nitrogen and oxygen atoms in total. The first-order valence-electron chi connectivity index (χ1n) is 3.50. The van der Waals surface area contributed by atoms with Crippen LogP contribution in [0.5, 0.6) is 0 Å². The first-order valence-corrected chi connectivity index (χ1v) is 5.11. The SMILES string of the molecule is C#CC1(c2ccc(Br)s2)CC1. The van der Waals surface area contributed by atoms with Gasteiger partial charge >= 0.3 is 0 Å². The van der Waals surface area contributed by atoms with E-state index < -0.39 is 0 Å². The molecule has 0 radical (unpaired) electrons. The lowest BCUT2D eigenvalue weighted by Gasteiger charge is -2.00. The molecule has 0 aromatic carbocycles. The zero-order valence-corrected chi connectivity index (χ0v) is 8.33. The Morgan fingerprint density at radius 2 is 2.27 bits per heavy atom. The van der Waals surface area contributed by atoms with Crippen LogP contribution in [0.3, 0.4) is 0 Å². The van der Waals surface area contributed by atoms with Gasteiger partial charge in [0, 0.05) is 4.88 Å². The van der Waals surface area contributed by atoms with E-state index in [1.807, 2.05) is 0 Å². The molecule has 1 fully saturated rings. The average Bonchev–Trinajstić information content (AvgIpc) is 2.70. The van der Waals surface area contributed by atoms with E-state index in [1.54, 1.807) is 11.3 Å². The summed E-state index contributed by atoms with van der Waals surface area (Å²) < 4.78 is 1.18. The second-order valence-electron chi connectivity index (χ2n) is 2.83. The van der Waals surface area contributed by atoms with Crippen molar-refractivity contribution in [2.45, 2.75) is 18.3 Å². The molecule has 0 aliphatic heterocycles. The molecule has 1 aromatic heterocycles. The summed E-state index contributed by atoms with van der Waals surface area (Å²) in [6.07, 6.45) is 7.78. The summed E-state index contributed by atoms with van der Waals surface area (Å²) in [4.78, 5) is 1.34. The molecule has 0 unspecified atom stereocenters. The van der Waals surface area contributed by atoms with E-state index in [9.17, 15) is 0 Å². The van der Waals surface area contributed by atoms with E-state index in [1.165, 1.54) is 8.66 Å². The summed E-state index contributed by atoms with van der Waals surface area (Å²) in [6.45, 7) is 0. The van der Waals surface area contributed by atoms with Gasteiger partial charge in [0.25, 0.3) is 0 Å². The maximum atomic E-state index is 5.45. The third-order valence-corrected chi connectivity index (χ3v) is 3.90. The average molecular weight is 227 g/mol. The van der Waals surface area contributed by atoms with Crippen molar-refractivity contribution in [3.05, 3.63) is 20.8 Å². The van der Waals surface area contributed by atoms with Crippen LogP contribution in [0.1, 0.15) is 17.7 Å². The van der Waals surface area contributed by atoms with Crippen molar-refractivity contribution >= 4 is 27.3 Å². The van der Waals surface area contributed by atoms with Gasteiger partial charge < -0.3 is 0 Å². The van der Waals surface area contributed by atoms with Crippen LogP contribution in [0.2, 0.25) is 0 Å². The van der Waals surface area contributed by atoms with Crippen LogP contribution in [-0.4, -0.2) is 0 Å². The van der Waals surface area contributed by atoms with Gasteiger partial charge in [-0.25, -0.2) is 0 Å². The number of terminal acetylenes is 1. The van der Waals surface area contributed by atoms with Crippen LogP contribution in [0, 0.1) is 12.3 Å². The van der Waals surface area contributed by atoms with Gasteiger partial charge in [0.05, 0.1) is 9.20 Å². The molecule has 1 saturated carbocycles. The van der Waals surface area contributed by atoms with Crippen LogP contribution < -0.4 is 0 Å². The summed E-state index contributed by atoms with van der Waals surface area (Å²) in [5.41, 5.74) is 0.122. The van der Waals surface area contributed by atoms with Crippen molar-refractivity contribution < 1.29 is 0 Å². The van der Waals surface area contributed by atoms with Crippen molar-refractivity contribution in [2.24, 2.45) is 0 Å². The highest BCUT2D eigenvalue weighted by atomic mass is 79.9. The summed E-state index contributed by atoms with van der Waals surface area (Å²) in [7, 11) is 0. The maximum Gasteiger partial charge on any atom is 0.0701 e. The predicted molar refractivity (Wildman–Crippen MR) is 51.8 cm³/mol. The molecule has 1 aliphatic rings. The Morgan fingerprint density at radius 1 is 1.55 bits per heavy atom. The third-order valence-electron chi connectivity index (χ3n) is 2.07. The molecule has 1 aliphatic carbocycles. The molecule has 2 heteroatoms. The van der Waals surface area contributed by atoms with Crippen molar-refractivity contribution in [1.82, 2.24) is 0 Å². The Bertz CT molecular complexity index is 315. The minimum absolute atomic E-state index is 0.122. The van der Waals surface area contributed by atoms with E-state index in [0.717, 1.165) is 12.8 Å². The molecule has 0 N–H and O–H groups in total. The Hall–Kier alpha value is -0.260. The monoisotopic (exact) mass is 226 g/mol. The molecular formula is C9H7BrS. The van der Waals surface area contributed by atoms with Gasteiger partial charge in [-0.05, 0) is 40.9 Å². The van der Waals surface area contributed by atoms with Crippen LogP contribution in [0.4, 0.5) is 0 Å². The molecule has 0 saturated heterocycles. The van der Waals surface area contributed by atoms with Crippen LogP contribution in [0.25, 0.3) is 0 Å². The second-order valence-corrected chi connectivity index (χ2v) is 5.29. The molecule has 0 spiro atoms. The van der Waals surface area contributed by atoms with E-state index in [0.29, 0.717) is 0 Å². The Kier molecular flexibility index (Phi) is 1.59. The highest BCUT2D eigenvalue weighted by Crippen LogP contribution is 2.50. The van der Waals surface area contributed by atoms with Crippen LogP contribution >= 0.6 is 27.3 Å². The summed E-state index contributed by atoms with van der Waals surface area (Å²) in [6, 6.07) is 4.19. The summed E-state index contributed by atoms with van der Waals surface area (Å²) in [5.74, 6) is 2.87. The Balaban J connectivity index is 2.38. The van der Waals surface area contributed by atoms with E-state index >= 15 is 0 Å². The zero-order chi connectivity index (χ0) is 7.90. The second kappa shape index (κ2) is 2.36. The largest absolute Gasteiger partial charge is 0.132 e. The standard InChI is InChI=1S/C9H7BrS/c1-2-9(5-6-9)7-3-4-8(10)11-7/h1,3-4H,5-6H2. The molecule has 11 heavy (non-hydrogen) atoms. The lowest BCUT2D eigenvalue weighted by Crippen LogP contribution is -1.97. The number of thiophene rings is 1. The van der Waals surface area contributed by atoms with Crippen LogP contribution in [-0.2, 0) is 5.41 Å². The summed E-state index contributed by atoms with van der Waals surface area (Å²) in [5, 5.41) is 0. The topological polar surface area (TPSA) is 0 Å². The van der Waals surface area contributed by atoms with Gasteiger partial charge in [-0.1, -0.05) is 5.92 Å². The Labute approximate surface area is 78.8 Å². The number of rotatable bonds is 1. The summed E-state index contributed by atoms with van der Waals surface area (Å²) >= 11 is 5.19. The first kappa shape index (κ1) is 7.39. The molecule has 0 atom stereocenters. The lowest BCUT2D eigenvalue weighted by molar-refractivity contribution is 0.962.